The van der Waals surface area contributed by atoms with E-state index in [0.29, 0.717) is 0 Å². The fourth-order valence-electron chi connectivity index (χ4n) is 1.92. The second-order valence-corrected chi connectivity index (χ2v) is 4.14. The molecule has 0 aliphatic heterocycles. The van der Waals surface area contributed by atoms with Gasteiger partial charge in [-0.1, -0.05) is 24.3 Å². The van der Waals surface area contributed by atoms with E-state index in [9.17, 15) is 18.7 Å². The molecule has 20 heavy (non-hydrogen) atoms. The second kappa shape index (κ2) is 5.79. The van der Waals surface area contributed by atoms with Gasteiger partial charge < -0.3 is 9.84 Å². The summed E-state index contributed by atoms with van der Waals surface area (Å²) in [5.41, 5.74) is 0.370. The van der Waals surface area contributed by atoms with Gasteiger partial charge in [0.15, 0.2) is 6.10 Å². The van der Waals surface area contributed by atoms with E-state index in [-0.39, 0.29) is 16.7 Å². The molecule has 0 saturated heterocycles. The predicted octanol–water partition coefficient (Wildman–Crippen LogP) is 2.84. The number of carbonyl (C=O) groups is 1. The van der Waals surface area contributed by atoms with Crippen molar-refractivity contribution in [2.45, 2.75) is 6.10 Å². The summed E-state index contributed by atoms with van der Waals surface area (Å²) >= 11 is 0. The molecule has 0 bridgehead atoms. The smallest absolute Gasteiger partial charge is 0.339 e. The third-order valence-electron chi connectivity index (χ3n) is 2.90. The highest BCUT2D eigenvalue weighted by molar-refractivity contribution is 5.81. The number of halogens is 2. The van der Waals surface area contributed by atoms with Gasteiger partial charge in [0.1, 0.15) is 11.6 Å². The van der Waals surface area contributed by atoms with Gasteiger partial charge in [-0.3, -0.25) is 0 Å². The van der Waals surface area contributed by atoms with Gasteiger partial charge in [0.25, 0.3) is 0 Å². The van der Waals surface area contributed by atoms with Gasteiger partial charge in [0.2, 0.25) is 0 Å². The summed E-state index contributed by atoms with van der Waals surface area (Å²) < 4.78 is 31.6. The summed E-state index contributed by atoms with van der Waals surface area (Å²) in [6, 6.07) is 9.28. The lowest BCUT2D eigenvalue weighted by Crippen LogP contribution is -2.14. The van der Waals surface area contributed by atoms with Crippen LogP contribution in [0.15, 0.2) is 42.5 Å². The van der Waals surface area contributed by atoms with E-state index in [1.165, 1.54) is 24.3 Å². The molecular weight excluding hydrogens is 266 g/mol. The Morgan fingerprint density at radius 3 is 2.50 bits per heavy atom. The van der Waals surface area contributed by atoms with Crippen LogP contribution in [0.4, 0.5) is 8.78 Å². The zero-order chi connectivity index (χ0) is 14.7. The number of hydrogen-bond acceptors (Lipinski definition) is 3. The Hall–Kier alpha value is -2.27. The first-order chi connectivity index (χ1) is 9.54. The van der Waals surface area contributed by atoms with Gasteiger partial charge in [0, 0.05) is 11.1 Å². The molecule has 104 valence electrons. The van der Waals surface area contributed by atoms with Crippen molar-refractivity contribution < 1.29 is 23.4 Å². The summed E-state index contributed by atoms with van der Waals surface area (Å²) in [5, 5.41) is 9.88. The molecule has 0 amide bonds. The Labute approximate surface area is 114 Å². The molecule has 5 heteroatoms. The van der Waals surface area contributed by atoms with Crippen LogP contribution in [0.2, 0.25) is 0 Å². The van der Waals surface area contributed by atoms with Crippen LogP contribution in [0, 0.1) is 11.6 Å². The van der Waals surface area contributed by atoms with E-state index in [0.717, 1.165) is 19.2 Å². The normalized spacial score (nSPS) is 12.0. The van der Waals surface area contributed by atoms with Crippen LogP contribution in [-0.2, 0) is 9.53 Å². The largest absolute Gasteiger partial charge is 0.467 e. The van der Waals surface area contributed by atoms with Crippen molar-refractivity contribution in [2.24, 2.45) is 0 Å². The number of esters is 1. The van der Waals surface area contributed by atoms with Crippen LogP contribution in [0.5, 0.6) is 0 Å². The zero-order valence-electron chi connectivity index (χ0n) is 10.6. The monoisotopic (exact) mass is 278 g/mol. The Balaban J connectivity index is 2.60. The van der Waals surface area contributed by atoms with Crippen LogP contribution in [0.25, 0.3) is 11.1 Å². The first-order valence-corrected chi connectivity index (χ1v) is 5.85. The molecule has 2 aromatic rings. The van der Waals surface area contributed by atoms with Gasteiger partial charge >= 0.3 is 5.97 Å². The Morgan fingerprint density at radius 2 is 1.85 bits per heavy atom. The molecule has 0 aliphatic rings. The van der Waals surface area contributed by atoms with E-state index in [1.54, 1.807) is 6.07 Å². The molecule has 2 rings (SSSR count). The maximum Gasteiger partial charge on any atom is 0.339 e. The number of benzene rings is 2. The van der Waals surface area contributed by atoms with Crippen molar-refractivity contribution >= 4 is 5.97 Å². The average molecular weight is 278 g/mol. The quantitative estimate of drug-likeness (QED) is 0.878. The molecule has 0 saturated carbocycles. The maximum absolute atomic E-state index is 13.8. The lowest BCUT2D eigenvalue weighted by Gasteiger charge is -2.14. The van der Waals surface area contributed by atoms with Crippen LogP contribution < -0.4 is 0 Å². The third kappa shape index (κ3) is 2.67. The van der Waals surface area contributed by atoms with Crippen molar-refractivity contribution in [2.75, 3.05) is 7.11 Å². The van der Waals surface area contributed by atoms with Crippen LogP contribution in [0.3, 0.4) is 0 Å². The summed E-state index contributed by atoms with van der Waals surface area (Å²) in [4.78, 5) is 11.4. The molecule has 0 spiro atoms. The number of aliphatic hydroxyl groups is 1. The topological polar surface area (TPSA) is 46.5 Å². The van der Waals surface area contributed by atoms with Crippen molar-refractivity contribution in [3.05, 3.63) is 59.7 Å². The average Bonchev–Trinajstić information content (AvgIpc) is 2.46. The first kappa shape index (κ1) is 14.1. The summed E-state index contributed by atoms with van der Waals surface area (Å²) in [6.45, 7) is 0. The van der Waals surface area contributed by atoms with E-state index >= 15 is 0 Å². The first-order valence-electron chi connectivity index (χ1n) is 5.85. The molecule has 2 aromatic carbocycles. The Bertz CT molecular complexity index is 641. The number of ether oxygens (including phenoxy) is 1. The fourth-order valence-corrected chi connectivity index (χ4v) is 1.92. The number of rotatable bonds is 3. The molecule has 0 aliphatic carbocycles. The minimum atomic E-state index is -1.68. The van der Waals surface area contributed by atoms with Crippen molar-refractivity contribution in [3.8, 4) is 11.1 Å². The van der Waals surface area contributed by atoms with Gasteiger partial charge in [-0.05, 0) is 23.8 Å². The predicted molar refractivity (Wildman–Crippen MR) is 68.8 cm³/mol. The van der Waals surface area contributed by atoms with E-state index in [4.69, 9.17) is 0 Å². The van der Waals surface area contributed by atoms with Gasteiger partial charge in [0.05, 0.1) is 7.11 Å². The van der Waals surface area contributed by atoms with Gasteiger partial charge in [-0.2, -0.15) is 0 Å². The van der Waals surface area contributed by atoms with Crippen LogP contribution in [-0.4, -0.2) is 18.2 Å². The highest BCUT2D eigenvalue weighted by Gasteiger charge is 2.23. The molecule has 1 N–H and O–H groups in total. The standard InChI is InChI=1S/C15H12F2O3/c1-20-15(19)14(18)12-8-9(16)6-7-10(12)11-4-2-3-5-13(11)17/h2-8,14,18H,1H3. The summed E-state index contributed by atoms with van der Waals surface area (Å²) in [7, 11) is 1.10. The Morgan fingerprint density at radius 1 is 1.15 bits per heavy atom. The number of aliphatic hydroxyl groups excluding tert-OH is 1. The minimum Gasteiger partial charge on any atom is -0.467 e. The van der Waals surface area contributed by atoms with Crippen molar-refractivity contribution in [1.82, 2.24) is 0 Å². The Kier molecular flexibility index (Phi) is 4.10. The fraction of sp³-hybridized carbons (Fsp3) is 0.133. The van der Waals surface area contributed by atoms with Crippen LogP contribution in [0.1, 0.15) is 11.7 Å². The number of hydrogen-bond donors (Lipinski definition) is 1. The van der Waals surface area contributed by atoms with Crippen LogP contribution >= 0.6 is 0 Å². The molecule has 0 fully saturated rings. The van der Waals surface area contributed by atoms with Gasteiger partial charge in [-0.25, -0.2) is 13.6 Å². The lowest BCUT2D eigenvalue weighted by molar-refractivity contribution is -0.150. The molecule has 1 atom stereocenters. The minimum absolute atomic E-state index is 0.0399. The summed E-state index contributed by atoms with van der Waals surface area (Å²) in [5.74, 6) is -2.10. The van der Waals surface area contributed by atoms with Gasteiger partial charge in [-0.15, -0.1) is 0 Å². The van der Waals surface area contributed by atoms with Crippen molar-refractivity contribution in [1.29, 1.82) is 0 Å². The van der Waals surface area contributed by atoms with E-state index in [1.807, 2.05) is 0 Å². The molecule has 0 aromatic heterocycles. The molecule has 1 unspecified atom stereocenters. The van der Waals surface area contributed by atoms with E-state index < -0.39 is 23.7 Å². The lowest BCUT2D eigenvalue weighted by atomic mass is 9.95. The maximum atomic E-state index is 13.8. The molecule has 3 nitrogen and oxygen atoms in total. The highest BCUT2D eigenvalue weighted by atomic mass is 19.1. The SMILES string of the molecule is COC(=O)C(O)c1cc(F)ccc1-c1ccccc1F. The molecular formula is C15H12F2O3. The molecule has 0 radical (unpaired) electrons. The third-order valence-corrected chi connectivity index (χ3v) is 2.90. The number of carbonyl (C=O) groups excluding carboxylic acids is 1. The zero-order valence-corrected chi connectivity index (χ0v) is 10.6. The van der Waals surface area contributed by atoms with E-state index in [2.05, 4.69) is 4.74 Å². The second-order valence-electron chi connectivity index (χ2n) is 4.14. The molecule has 0 heterocycles. The summed E-state index contributed by atoms with van der Waals surface area (Å²) in [6.07, 6.45) is -1.68. The highest BCUT2D eigenvalue weighted by Crippen LogP contribution is 2.31. The van der Waals surface area contributed by atoms with Crippen molar-refractivity contribution in [3.63, 3.8) is 0 Å². The number of methoxy groups -OCH3 is 1.